The maximum absolute atomic E-state index is 10.3. The van der Waals surface area contributed by atoms with Crippen LogP contribution < -0.4 is 16.1 Å². The van der Waals surface area contributed by atoms with E-state index in [9.17, 15) is 10.2 Å². The number of rotatable bonds is 5. The maximum Gasteiger partial charge on any atom is 0.232 e. The number of hydrazone groups is 1. The molecule has 3 aromatic rings. The lowest BCUT2D eigenvalue weighted by atomic mass is 10.1. The second-order valence-corrected chi connectivity index (χ2v) is 6.55. The van der Waals surface area contributed by atoms with Gasteiger partial charge in [0.1, 0.15) is 17.2 Å². The van der Waals surface area contributed by atoms with Gasteiger partial charge in [-0.15, -0.1) is 0 Å². The molecule has 10 nitrogen and oxygen atoms in total. The minimum Gasteiger partial charge on any atom is -0.508 e. The van der Waals surface area contributed by atoms with Crippen LogP contribution in [0.3, 0.4) is 0 Å². The van der Waals surface area contributed by atoms with E-state index in [4.69, 9.17) is 10.6 Å². The number of aromatic hydroxyl groups is 2. The first kappa shape index (κ1) is 19.4. The number of phenols is 2. The van der Waals surface area contributed by atoms with Gasteiger partial charge in [-0.3, -0.25) is 0 Å². The highest BCUT2D eigenvalue weighted by Gasteiger charge is 2.21. The highest BCUT2D eigenvalue weighted by molar-refractivity contribution is 6.12. The van der Waals surface area contributed by atoms with E-state index in [0.717, 1.165) is 5.69 Å². The van der Waals surface area contributed by atoms with Crippen molar-refractivity contribution in [2.75, 3.05) is 36.5 Å². The predicted molar refractivity (Wildman–Crippen MR) is 112 cm³/mol. The number of nitrogens with zero attached hydrogens (tertiary/aromatic N) is 5. The first-order valence-electron chi connectivity index (χ1n) is 9.35. The summed E-state index contributed by atoms with van der Waals surface area (Å²) in [4.78, 5) is 15.5. The van der Waals surface area contributed by atoms with Crippen molar-refractivity contribution in [2.24, 2.45) is 10.9 Å². The molecule has 10 heteroatoms. The minimum atomic E-state index is -0.190. The van der Waals surface area contributed by atoms with Gasteiger partial charge in [-0.25, -0.2) is 0 Å². The largest absolute Gasteiger partial charge is 0.508 e. The molecule has 0 atom stereocenters. The molecule has 154 valence electrons. The van der Waals surface area contributed by atoms with Crippen molar-refractivity contribution in [3.05, 3.63) is 59.9 Å². The molecule has 1 fully saturated rings. The van der Waals surface area contributed by atoms with Crippen molar-refractivity contribution in [1.29, 1.82) is 0 Å². The van der Waals surface area contributed by atoms with Gasteiger partial charge in [-0.05, 0) is 24.3 Å². The van der Waals surface area contributed by atoms with Gasteiger partial charge in [0.15, 0.2) is 5.82 Å². The van der Waals surface area contributed by atoms with E-state index in [1.54, 1.807) is 0 Å². The zero-order valence-electron chi connectivity index (χ0n) is 16.1. The third-order valence-corrected chi connectivity index (χ3v) is 4.52. The SMILES string of the molecule is NN=C(c1nc(Nc2ccccc2)nc(N2CCOCC2)n1)c1ccc(O)cc1O. The van der Waals surface area contributed by atoms with E-state index < -0.39 is 0 Å². The molecular formula is C20H21N7O3. The summed E-state index contributed by atoms with van der Waals surface area (Å²) in [6.45, 7) is 2.40. The van der Waals surface area contributed by atoms with Crippen LogP contribution in [0.25, 0.3) is 0 Å². The van der Waals surface area contributed by atoms with Crippen LogP contribution >= 0.6 is 0 Å². The second-order valence-electron chi connectivity index (χ2n) is 6.55. The predicted octanol–water partition coefficient (Wildman–Crippen LogP) is 1.57. The molecular weight excluding hydrogens is 386 g/mol. The quantitative estimate of drug-likeness (QED) is 0.282. The number of hydrogen-bond donors (Lipinski definition) is 4. The number of para-hydroxylation sites is 1. The van der Waals surface area contributed by atoms with Crippen molar-refractivity contribution in [2.45, 2.75) is 0 Å². The van der Waals surface area contributed by atoms with E-state index in [1.165, 1.54) is 18.2 Å². The van der Waals surface area contributed by atoms with Crippen LogP contribution in [-0.4, -0.2) is 57.2 Å². The summed E-state index contributed by atoms with van der Waals surface area (Å²) in [5.41, 5.74) is 1.27. The fourth-order valence-corrected chi connectivity index (χ4v) is 3.05. The standard InChI is InChI=1S/C20H21N7O3/c21-26-17(15-7-6-14(28)12-16(15)29)18-23-19(22-13-4-2-1-3-5-13)25-20(24-18)27-8-10-30-11-9-27/h1-7,12,28-29H,8-11,21H2,(H,22,23,24,25). The van der Waals surface area contributed by atoms with Crippen molar-refractivity contribution in [3.63, 3.8) is 0 Å². The molecule has 30 heavy (non-hydrogen) atoms. The number of aromatic nitrogens is 3. The van der Waals surface area contributed by atoms with Gasteiger partial charge in [-0.2, -0.15) is 20.1 Å². The fourth-order valence-electron chi connectivity index (χ4n) is 3.05. The minimum absolute atomic E-state index is 0.0799. The van der Waals surface area contributed by atoms with E-state index in [2.05, 4.69) is 25.4 Å². The zero-order valence-corrected chi connectivity index (χ0v) is 16.1. The molecule has 0 spiro atoms. The van der Waals surface area contributed by atoms with Crippen molar-refractivity contribution < 1.29 is 14.9 Å². The number of anilines is 3. The Morgan fingerprint density at radius 1 is 1.03 bits per heavy atom. The Morgan fingerprint density at radius 2 is 1.80 bits per heavy atom. The van der Waals surface area contributed by atoms with Crippen LogP contribution in [0.1, 0.15) is 11.4 Å². The average molecular weight is 407 g/mol. The van der Waals surface area contributed by atoms with Crippen LogP contribution in [0.5, 0.6) is 11.5 Å². The fraction of sp³-hybridized carbons (Fsp3) is 0.200. The highest BCUT2D eigenvalue weighted by atomic mass is 16.5. The van der Waals surface area contributed by atoms with Crippen molar-refractivity contribution in [3.8, 4) is 11.5 Å². The topological polar surface area (TPSA) is 142 Å². The van der Waals surface area contributed by atoms with Gasteiger partial charge < -0.3 is 31.0 Å². The summed E-state index contributed by atoms with van der Waals surface area (Å²) in [6.07, 6.45) is 0. The summed E-state index contributed by atoms with van der Waals surface area (Å²) < 4.78 is 5.41. The number of nitrogens with two attached hydrogens (primary N) is 1. The van der Waals surface area contributed by atoms with Gasteiger partial charge in [0, 0.05) is 30.4 Å². The Morgan fingerprint density at radius 3 is 2.50 bits per heavy atom. The Hall–Kier alpha value is -3.92. The molecule has 1 aliphatic rings. The number of hydrogen-bond acceptors (Lipinski definition) is 10. The number of benzene rings is 2. The lowest BCUT2D eigenvalue weighted by molar-refractivity contribution is 0.122. The van der Waals surface area contributed by atoms with E-state index in [1.807, 2.05) is 35.2 Å². The van der Waals surface area contributed by atoms with Crippen LogP contribution in [-0.2, 0) is 4.74 Å². The summed E-state index contributed by atoms with van der Waals surface area (Å²) in [6, 6.07) is 13.6. The lowest BCUT2D eigenvalue weighted by Gasteiger charge is -2.27. The third kappa shape index (κ3) is 4.23. The molecule has 2 heterocycles. The summed E-state index contributed by atoms with van der Waals surface area (Å²) in [7, 11) is 0. The van der Waals surface area contributed by atoms with Gasteiger partial charge in [-0.1, -0.05) is 18.2 Å². The molecule has 0 saturated carbocycles. The van der Waals surface area contributed by atoms with E-state index in [0.29, 0.717) is 43.8 Å². The van der Waals surface area contributed by atoms with Crippen molar-refractivity contribution >= 4 is 23.3 Å². The molecule has 1 aliphatic heterocycles. The number of nitrogens with one attached hydrogen (secondary N) is 1. The zero-order chi connectivity index (χ0) is 20.9. The Balaban J connectivity index is 1.77. The van der Waals surface area contributed by atoms with Crippen LogP contribution in [0.2, 0.25) is 0 Å². The highest BCUT2D eigenvalue weighted by Crippen LogP contribution is 2.26. The number of ether oxygens (including phenoxy) is 1. The van der Waals surface area contributed by atoms with Gasteiger partial charge >= 0.3 is 0 Å². The van der Waals surface area contributed by atoms with Crippen molar-refractivity contribution in [1.82, 2.24) is 15.0 Å². The molecule has 4 rings (SSSR count). The molecule has 0 radical (unpaired) electrons. The average Bonchev–Trinajstić information content (AvgIpc) is 2.77. The number of morpholine rings is 1. The normalized spacial score (nSPS) is 14.5. The Kier molecular flexibility index (Phi) is 5.57. The monoisotopic (exact) mass is 407 g/mol. The molecule has 0 bridgehead atoms. The Bertz CT molecular complexity index is 1050. The first-order chi connectivity index (χ1) is 14.6. The Labute approximate surface area is 172 Å². The summed E-state index contributed by atoms with van der Waals surface area (Å²) in [5, 5.41) is 26.8. The summed E-state index contributed by atoms with van der Waals surface area (Å²) >= 11 is 0. The molecule has 0 unspecified atom stereocenters. The molecule has 5 N–H and O–H groups in total. The third-order valence-electron chi connectivity index (χ3n) is 4.52. The summed E-state index contributed by atoms with van der Waals surface area (Å²) in [5.74, 6) is 6.31. The smallest absolute Gasteiger partial charge is 0.232 e. The number of phenolic OH excluding ortho intramolecular Hbond substituents is 2. The lowest BCUT2D eigenvalue weighted by Crippen LogP contribution is -2.38. The van der Waals surface area contributed by atoms with E-state index in [-0.39, 0.29) is 23.0 Å². The first-order valence-corrected chi connectivity index (χ1v) is 9.35. The van der Waals surface area contributed by atoms with E-state index >= 15 is 0 Å². The maximum atomic E-state index is 10.3. The van der Waals surface area contributed by atoms with Crippen LogP contribution in [0, 0.1) is 0 Å². The molecule has 0 aliphatic carbocycles. The molecule has 2 aromatic carbocycles. The molecule has 0 amide bonds. The van der Waals surface area contributed by atoms with Gasteiger partial charge in [0.05, 0.1) is 13.2 Å². The van der Waals surface area contributed by atoms with Gasteiger partial charge in [0.25, 0.3) is 0 Å². The van der Waals surface area contributed by atoms with Crippen LogP contribution in [0.4, 0.5) is 17.6 Å². The van der Waals surface area contributed by atoms with Gasteiger partial charge in [0.2, 0.25) is 11.9 Å². The molecule has 1 saturated heterocycles. The molecule has 1 aromatic heterocycles. The second kappa shape index (κ2) is 8.62. The van der Waals surface area contributed by atoms with Crippen LogP contribution in [0.15, 0.2) is 53.6 Å².